The number of rotatable bonds is 5. The molecule has 1 aromatic heterocycles. The van der Waals surface area contributed by atoms with Crippen LogP contribution in [0.2, 0.25) is 0 Å². The second-order valence-electron chi connectivity index (χ2n) is 5.40. The lowest BCUT2D eigenvalue weighted by atomic mass is 10.1. The van der Waals surface area contributed by atoms with Crippen molar-refractivity contribution in [2.75, 3.05) is 11.9 Å². The van der Waals surface area contributed by atoms with E-state index in [1.54, 1.807) is 31.2 Å². The quantitative estimate of drug-likeness (QED) is 0.653. The Morgan fingerprint density at radius 3 is 2.41 bits per heavy atom. The van der Waals surface area contributed by atoms with Crippen molar-refractivity contribution in [3.8, 4) is 11.3 Å². The second-order valence-corrected chi connectivity index (χ2v) is 6.39. The van der Waals surface area contributed by atoms with Gasteiger partial charge in [-0.25, -0.2) is 18.6 Å². The van der Waals surface area contributed by atoms with Crippen LogP contribution in [0.25, 0.3) is 11.3 Å². The Labute approximate surface area is 157 Å². The molecule has 0 aliphatic carbocycles. The third-order valence-corrected chi connectivity index (χ3v) is 4.43. The summed E-state index contributed by atoms with van der Waals surface area (Å²) in [6, 6.07) is 11.4. The van der Waals surface area contributed by atoms with E-state index >= 15 is 0 Å². The van der Waals surface area contributed by atoms with Gasteiger partial charge in [-0.05, 0) is 19.1 Å². The first-order valence-corrected chi connectivity index (χ1v) is 8.80. The van der Waals surface area contributed by atoms with Crippen LogP contribution in [0.15, 0.2) is 48.5 Å². The van der Waals surface area contributed by atoms with Crippen molar-refractivity contribution < 1.29 is 23.1 Å². The summed E-state index contributed by atoms with van der Waals surface area (Å²) in [5.41, 5.74) is 0.843. The fourth-order valence-corrected chi connectivity index (χ4v) is 3.23. The molecular weight excluding hydrogens is 374 g/mol. The summed E-state index contributed by atoms with van der Waals surface area (Å²) in [6.07, 6.45) is 0. The van der Waals surface area contributed by atoms with Crippen LogP contribution in [0, 0.1) is 11.6 Å². The molecule has 0 aliphatic rings. The topological polar surface area (TPSA) is 68.3 Å². The highest BCUT2D eigenvalue weighted by molar-refractivity contribution is 7.18. The summed E-state index contributed by atoms with van der Waals surface area (Å²) in [4.78, 5) is 29.0. The summed E-state index contributed by atoms with van der Waals surface area (Å²) < 4.78 is 31.7. The lowest BCUT2D eigenvalue weighted by Gasteiger charge is -2.02. The van der Waals surface area contributed by atoms with Crippen molar-refractivity contribution in [3.05, 3.63) is 70.6 Å². The number of hydrogen-bond donors (Lipinski definition) is 1. The van der Waals surface area contributed by atoms with Crippen molar-refractivity contribution in [3.63, 3.8) is 0 Å². The van der Waals surface area contributed by atoms with Crippen LogP contribution in [-0.2, 0) is 4.74 Å². The molecule has 0 aliphatic heterocycles. The second kappa shape index (κ2) is 8.05. The molecule has 1 N–H and O–H groups in total. The molecule has 1 heterocycles. The number of aromatic nitrogens is 1. The Morgan fingerprint density at radius 2 is 1.78 bits per heavy atom. The van der Waals surface area contributed by atoms with Crippen LogP contribution < -0.4 is 5.32 Å². The Balaban J connectivity index is 1.94. The average molecular weight is 388 g/mol. The molecule has 0 unspecified atom stereocenters. The van der Waals surface area contributed by atoms with Gasteiger partial charge in [0.05, 0.1) is 12.3 Å². The standard InChI is InChI=1S/C19H14F2N2O3S/c1-2-26-18(25)16-15(11-6-4-3-5-7-11)22-19(27-16)23-17(24)12-8-13(20)10-14(21)9-12/h3-10H,2H2,1H3,(H,22,23,24). The first kappa shape index (κ1) is 18.7. The van der Waals surface area contributed by atoms with E-state index in [0.29, 0.717) is 17.3 Å². The van der Waals surface area contributed by atoms with E-state index in [1.807, 2.05) is 6.07 Å². The molecule has 0 atom stereocenters. The van der Waals surface area contributed by atoms with Crippen molar-refractivity contribution in [2.24, 2.45) is 0 Å². The van der Waals surface area contributed by atoms with Gasteiger partial charge in [0.15, 0.2) is 5.13 Å². The number of hydrogen-bond acceptors (Lipinski definition) is 5. The number of nitrogens with zero attached hydrogens (tertiary/aromatic N) is 1. The summed E-state index contributed by atoms with van der Waals surface area (Å²) in [6.45, 7) is 1.87. The van der Waals surface area contributed by atoms with Gasteiger partial charge in [-0.15, -0.1) is 0 Å². The molecule has 8 heteroatoms. The molecule has 0 spiro atoms. The predicted molar refractivity (Wildman–Crippen MR) is 97.8 cm³/mol. The number of halogens is 2. The molecule has 138 valence electrons. The van der Waals surface area contributed by atoms with E-state index < -0.39 is 23.5 Å². The van der Waals surface area contributed by atoms with E-state index in [9.17, 15) is 18.4 Å². The predicted octanol–water partition coefficient (Wildman–Crippen LogP) is 4.52. The van der Waals surface area contributed by atoms with Crippen LogP contribution in [-0.4, -0.2) is 23.5 Å². The summed E-state index contributed by atoms with van der Waals surface area (Å²) >= 11 is 0.929. The average Bonchev–Trinajstić information content (AvgIpc) is 3.06. The molecule has 27 heavy (non-hydrogen) atoms. The molecule has 0 fully saturated rings. The zero-order valence-electron chi connectivity index (χ0n) is 14.2. The maximum Gasteiger partial charge on any atom is 0.350 e. The molecule has 0 radical (unpaired) electrons. The highest BCUT2D eigenvalue weighted by Crippen LogP contribution is 2.32. The molecule has 3 rings (SSSR count). The van der Waals surface area contributed by atoms with Gasteiger partial charge in [0.25, 0.3) is 5.91 Å². The molecule has 0 saturated heterocycles. The number of nitrogens with one attached hydrogen (secondary N) is 1. The lowest BCUT2D eigenvalue weighted by Crippen LogP contribution is -2.12. The fourth-order valence-electron chi connectivity index (χ4n) is 2.35. The van der Waals surface area contributed by atoms with E-state index in [0.717, 1.165) is 23.5 Å². The molecule has 0 saturated carbocycles. The van der Waals surface area contributed by atoms with Crippen LogP contribution in [0.3, 0.4) is 0 Å². The highest BCUT2D eigenvalue weighted by atomic mass is 32.1. The fraction of sp³-hybridized carbons (Fsp3) is 0.105. The first-order chi connectivity index (χ1) is 13.0. The van der Waals surface area contributed by atoms with Crippen LogP contribution in [0.4, 0.5) is 13.9 Å². The maximum atomic E-state index is 13.3. The Morgan fingerprint density at radius 1 is 1.11 bits per heavy atom. The SMILES string of the molecule is CCOC(=O)c1sc(NC(=O)c2cc(F)cc(F)c2)nc1-c1ccccc1. The number of carbonyl (C=O) groups is 2. The van der Waals surface area contributed by atoms with Crippen molar-refractivity contribution in [2.45, 2.75) is 6.92 Å². The Kier molecular flexibility index (Phi) is 5.56. The van der Waals surface area contributed by atoms with Crippen molar-refractivity contribution in [1.82, 2.24) is 4.98 Å². The van der Waals surface area contributed by atoms with Gasteiger partial charge >= 0.3 is 5.97 Å². The third kappa shape index (κ3) is 4.35. The molecule has 1 amide bonds. The number of thiazole rings is 1. The molecule has 3 aromatic rings. The van der Waals surface area contributed by atoms with Gasteiger partial charge in [0.2, 0.25) is 0 Å². The van der Waals surface area contributed by atoms with Gasteiger partial charge in [0, 0.05) is 17.2 Å². The molecule has 0 bridgehead atoms. The Bertz CT molecular complexity index is 970. The van der Waals surface area contributed by atoms with Gasteiger partial charge in [0.1, 0.15) is 16.5 Å². The smallest absolute Gasteiger partial charge is 0.350 e. The number of amides is 1. The monoisotopic (exact) mass is 388 g/mol. The number of benzene rings is 2. The largest absolute Gasteiger partial charge is 0.462 e. The summed E-state index contributed by atoms with van der Waals surface area (Å²) in [5, 5.41) is 2.58. The number of esters is 1. The third-order valence-electron chi connectivity index (χ3n) is 3.48. The first-order valence-electron chi connectivity index (χ1n) is 7.98. The van der Waals surface area contributed by atoms with Gasteiger partial charge in [-0.1, -0.05) is 41.7 Å². The zero-order chi connectivity index (χ0) is 19.4. The highest BCUT2D eigenvalue weighted by Gasteiger charge is 2.22. The van der Waals surface area contributed by atoms with E-state index in [1.165, 1.54) is 0 Å². The molecular formula is C19H14F2N2O3S. The van der Waals surface area contributed by atoms with Crippen molar-refractivity contribution in [1.29, 1.82) is 0 Å². The maximum absolute atomic E-state index is 13.3. The normalized spacial score (nSPS) is 10.5. The van der Waals surface area contributed by atoms with E-state index in [2.05, 4.69) is 10.3 Å². The van der Waals surface area contributed by atoms with Gasteiger partial charge in [-0.3, -0.25) is 10.1 Å². The number of anilines is 1. The minimum atomic E-state index is -0.864. The van der Waals surface area contributed by atoms with Crippen LogP contribution in [0.5, 0.6) is 0 Å². The summed E-state index contributed by atoms with van der Waals surface area (Å²) in [5.74, 6) is -3.03. The Hall–Kier alpha value is -3.13. The summed E-state index contributed by atoms with van der Waals surface area (Å²) in [7, 11) is 0. The minimum absolute atomic E-state index is 0.117. The van der Waals surface area contributed by atoms with Gasteiger partial charge < -0.3 is 4.74 Å². The van der Waals surface area contributed by atoms with Crippen LogP contribution in [0.1, 0.15) is 27.0 Å². The van der Waals surface area contributed by atoms with E-state index in [4.69, 9.17) is 4.74 Å². The lowest BCUT2D eigenvalue weighted by molar-refractivity contribution is 0.0532. The van der Waals surface area contributed by atoms with Crippen LogP contribution >= 0.6 is 11.3 Å². The zero-order valence-corrected chi connectivity index (χ0v) is 15.0. The number of carbonyl (C=O) groups excluding carboxylic acids is 2. The van der Waals surface area contributed by atoms with Gasteiger partial charge in [-0.2, -0.15) is 0 Å². The minimum Gasteiger partial charge on any atom is -0.462 e. The molecule has 2 aromatic carbocycles. The van der Waals surface area contributed by atoms with Crippen molar-refractivity contribution >= 4 is 28.3 Å². The molecule has 5 nitrogen and oxygen atoms in total. The van der Waals surface area contributed by atoms with E-state index in [-0.39, 0.29) is 22.2 Å². The number of ether oxygens (including phenoxy) is 1.